The van der Waals surface area contributed by atoms with Crippen molar-refractivity contribution in [3.63, 3.8) is 0 Å². The number of benzene rings is 2. The van der Waals surface area contributed by atoms with Crippen LogP contribution in [0.5, 0.6) is 5.75 Å². The molecule has 0 amide bonds. The second-order valence-corrected chi connectivity index (χ2v) is 7.65. The van der Waals surface area contributed by atoms with Gasteiger partial charge in [-0.2, -0.15) is 0 Å². The van der Waals surface area contributed by atoms with E-state index in [9.17, 15) is 9.90 Å². The molecule has 2 fully saturated rings. The van der Waals surface area contributed by atoms with Crippen molar-refractivity contribution >= 4 is 16.7 Å². The van der Waals surface area contributed by atoms with Gasteiger partial charge in [-0.3, -0.25) is 9.69 Å². The van der Waals surface area contributed by atoms with Crippen LogP contribution in [0.2, 0.25) is 0 Å². The highest BCUT2D eigenvalue weighted by Gasteiger charge is 2.34. The van der Waals surface area contributed by atoms with Crippen molar-refractivity contribution < 1.29 is 14.6 Å². The minimum Gasteiger partial charge on any atom is -0.493 e. The number of nitrogens with zero attached hydrogens (tertiary/aromatic N) is 2. The molecule has 1 atom stereocenters. The Morgan fingerprint density at radius 3 is 2.56 bits per heavy atom. The topological polar surface area (TPSA) is 53.0 Å². The maximum Gasteiger partial charge on any atom is 0.325 e. The van der Waals surface area contributed by atoms with E-state index in [0.717, 1.165) is 48.4 Å². The van der Waals surface area contributed by atoms with Gasteiger partial charge in [0.15, 0.2) is 0 Å². The van der Waals surface area contributed by atoms with E-state index in [2.05, 4.69) is 9.80 Å². The molecule has 2 aromatic carbocycles. The second kappa shape index (κ2) is 7.87. The molecule has 0 spiro atoms. The molecule has 1 aliphatic carbocycles. The van der Waals surface area contributed by atoms with Gasteiger partial charge in [0.1, 0.15) is 11.8 Å². The zero-order valence-electron chi connectivity index (χ0n) is 15.9. The molecule has 1 saturated carbocycles. The van der Waals surface area contributed by atoms with Crippen molar-refractivity contribution in [1.82, 2.24) is 9.80 Å². The highest BCUT2D eigenvalue weighted by Crippen LogP contribution is 2.37. The average Bonchev–Trinajstić information content (AvgIpc) is 3.49. The highest BCUT2D eigenvalue weighted by atomic mass is 16.5. The summed E-state index contributed by atoms with van der Waals surface area (Å²) >= 11 is 0. The number of aliphatic carboxylic acids is 1. The van der Waals surface area contributed by atoms with Crippen LogP contribution in [0.15, 0.2) is 36.4 Å². The predicted molar refractivity (Wildman–Crippen MR) is 106 cm³/mol. The fourth-order valence-corrected chi connectivity index (χ4v) is 4.17. The third-order valence-electron chi connectivity index (χ3n) is 5.72. The van der Waals surface area contributed by atoms with E-state index < -0.39 is 12.0 Å². The van der Waals surface area contributed by atoms with Crippen LogP contribution >= 0.6 is 0 Å². The lowest BCUT2D eigenvalue weighted by molar-refractivity contribution is -0.144. The van der Waals surface area contributed by atoms with E-state index in [-0.39, 0.29) is 0 Å². The summed E-state index contributed by atoms with van der Waals surface area (Å²) in [6.07, 6.45) is 2.71. The minimum atomic E-state index is -0.803. The summed E-state index contributed by atoms with van der Waals surface area (Å²) in [7, 11) is 0. The van der Waals surface area contributed by atoms with E-state index in [1.165, 1.54) is 19.4 Å². The first kappa shape index (κ1) is 18.3. The molecule has 0 bridgehead atoms. The van der Waals surface area contributed by atoms with Gasteiger partial charge in [-0.1, -0.05) is 30.3 Å². The Labute approximate surface area is 160 Å². The Morgan fingerprint density at radius 1 is 1.15 bits per heavy atom. The molecular weight excluding hydrogens is 340 g/mol. The summed E-state index contributed by atoms with van der Waals surface area (Å²) in [6.45, 7) is 7.06. The molecule has 144 valence electrons. The van der Waals surface area contributed by atoms with Crippen LogP contribution in [0.1, 0.15) is 31.4 Å². The monoisotopic (exact) mass is 368 g/mol. The van der Waals surface area contributed by atoms with E-state index in [1.807, 2.05) is 43.3 Å². The summed E-state index contributed by atoms with van der Waals surface area (Å²) < 4.78 is 5.85. The molecule has 1 aliphatic heterocycles. The minimum absolute atomic E-state index is 0.521. The summed E-state index contributed by atoms with van der Waals surface area (Å²) in [4.78, 5) is 17.0. The molecule has 1 N–H and O–H groups in total. The van der Waals surface area contributed by atoms with Crippen molar-refractivity contribution in [2.75, 3.05) is 39.3 Å². The molecule has 1 saturated heterocycles. The van der Waals surface area contributed by atoms with Crippen LogP contribution in [0, 0.1) is 5.92 Å². The zero-order valence-corrected chi connectivity index (χ0v) is 15.9. The predicted octanol–water partition coefficient (Wildman–Crippen LogP) is 3.39. The number of ether oxygens (including phenoxy) is 1. The van der Waals surface area contributed by atoms with Crippen molar-refractivity contribution in [2.24, 2.45) is 5.92 Å². The lowest BCUT2D eigenvalue weighted by atomic mass is 9.96. The Kier molecular flexibility index (Phi) is 5.32. The Morgan fingerprint density at radius 2 is 1.89 bits per heavy atom. The smallest absolute Gasteiger partial charge is 0.325 e. The van der Waals surface area contributed by atoms with Crippen LogP contribution in [0.25, 0.3) is 10.8 Å². The normalized spacial score (nSPS) is 19.9. The molecule has 0 unspecified atom stereocenters. The van der Waals surface area contributed by atoms with Crippen LogP contribution in [0.3, 0.4) is 0 Å². The van der Waals surface area contributed by atoms with E-state index in [1.54, 1.807) is 0 Å². The number of piperazine rings is 1. The van der Waals surface area contributed by atoms with Gasteiger partial charge in [0.05, 0.1) is 6.61 Å². The SMILES string of the molecule is CCOc1ccc2ccccc2c1[C@@H](C(=O)O)N1CCN(CC2CC2)CC1. The van der Waals surface area contributed by atoms with Crippen molar-refractivity contribution in [3.8, 4) is 5.75 Å². The number of carboxylic acids is 1. The molecule has 5 nitrogen and oxygen atoms in total. The molecule has 27 heavy (non-hydrogen) atoms. The van der Waals surface area contributed by atoms with Gasteiger partial charge in [-0.15, -0.1) is 0 Å². The maximum absolute atomic E-state index is 12.4. The molecule has 0 radical (unpaired) electrons. The Balaban J connectivity index is 1.65. The standard InChI is InChI=1S/C22H28N2O3/c1-2-27-19-10-9-17-5-3-4-6-18(17)20(19)21(22(25)26)24-13-11-23(12-14-24)15-16-7-8-16/h3-6,9-10,16,21H,2,7-8,11-15H2,1H3,(H,25,26)/t21-/m0/s1. The number of hydrogen-bond acceptors (Lipinski definition) is 4. The van der Waals surface area contributed by atoms with Gasteiger partial charge in [0, 0.05) is 38.3 Å². The van der Waals surface area contributed by atoms with Crippen LogP contribution < -0.4 is 4.74 Å². The number of carboxylic acid groups (broad SMARTS) is 1. The quantitative estimate of drug-likeness (QED) is 0.812. The van der Waals surface area contributed by atoms with Gasteiger partial charge >= 0.3 is 5.97 Å². The zero-order chi connectivity index (χ0) is 18.8. The summed E-state index contributed by atoms with van der Waals surface area (Å²) in [5.74, 6) is 0.751. The number of hydrogen-bond donors (Lipinski definition) is 1. The number of rotatable bonds is 7. The first-order valence-electron chi connectivity index (χ1n) is 10.0. The molecule has 0 aromatic heterocycles. The van der Waals surface area contributed by atoms with Crippen LogP contribution in [-0.2, 0) is 4.79 Å². The van der Waals surface area contributed by atoms with E-state index in [0.29, 0.717) is 12.4 Å². The van der Waals surface area contributed by atoms with E-state index in [4.69, 9.17) is 4.74 Å². The van der Waals surface area contributed by atoms with Gasteiger partial charge < -0.3 is 14.7 Å². The van der Waals surface area contributed by atoms with Gasteiger partial charge in [0.2, 0.25) is 0 Å². The van der Waals surface area contributed by atoms with Crippen LogP contribution in [-0.4, -0.2) is 60.2 Å². The van der Waals surface area contributed by atoms with Gasteiger partial charge in [-0.25, -0.2) is 0 Å². The molecule has 2 aliphatic rings. The molecule has 4 rings (SSSR count). The lowest BCUT2D eigenvalue weighted by Crippen LogP contribution is -2.49. The molecule has 2 aromatic rings. The van der Waals surface area contributed by atoms with Crippen molar-refractivity contribution in [3.05, 3.63) is 42.0 Å². The van der Waals surface area contributed by atoms with Crippen molar-refractivity contribution in [1.29, 1.82) is 0 Å². The Hall–Kier alpha value is -2.11. The third kappa shape index (κ3) is 3.94. The lowest BCUT2D eigenvalue weighted by Gasteiger charge is -2.38. The first-order chi connectivity index (χ1) is 13.2. The van der Waals surface area contributed by atoms with Gasteiger partial charge in [-0.05, 0) is 42.5 Å². The fourth-order valence-electron chi connectivity index (χ4n) is 4.17. The van der Waals surface area contributed by atoms with Crippen molar-refractivity contribution in [2.45, 2.75) is 25.8 Å². The van der Waals surface area contributed by atoms with E-state index >= 15 is 0 Å². The molecule has 5 heteroatoms. The molecule has 1 heterocycles. The first-order valence-corrected chi connectivity index (χ1v) is 10.0. The Bertz CT molecular complexity index is 810. The third-order valence-corrected chi connectivity index (χ3v) is 5.72. The summed E-state index contributed by atoms with van der Waals surface area (Å²) in [5, 5.41) is 12.2. The summed E-state index contributed by atoms with van der Waals surface area (Å²) in [6, 6.07) is 11.2. The molecular formula is C22H28N2O3. The fraction of sp³-hybridized carbons (Fsp3) is 0.500. The highest BCUT2D eigenvalue weighted by molar-refractivity contribution is 5.92. The number of fused-ring (bicyclic) bond motifs is 1. The summed E-state index contributed by atoms with van der Waals surface area (Å²) in [5.41, 5.74) is 0.790. The largest absolute Gasteiger partial charge is 0.493 e. The maximum atomic E-state index is 12.4. The van der Waals surface area contributed by atoms with Crippen LogP contribution in [0.4, 0.5) is 0 Å². The number of carbonyl (C=O) groups is 1. The average molecular weight is 368 g/mol. The second-order valence-electron chi connectivity index (χ2n) is 7.65. The van der Waals surface area contributed by atoms with Gasteiger partial charge in [0.25, 0.3) is 0 Å².